The van der Waals surface area contributed by atoms with Crippen molar-refractivity contribution in [2.24, 2.45) is 4.99 Å². The molecule has 0 radical (unpaired) electrons. The second-order valence-corrected chi connectivity index (χ2v) is 6.77. The molecule has 166 valence electrons. The number of hydrogen-bond acceptors (Lipinski definition) is 7. The van der Waals surface area contributed by atoms with Gasteiger partial charge in [-0.1, -0.05) is 0 Å². The van der Waals surface area contributed by atoms with Crippen LogP contribution < -0.4 is 20.4 Å². The first-order valence-electron chi connectivity index (χ1n) is 9.36. The van der Waals surface area contributed by atoms with Crippen molar-refractivity contribution in [3.63, 3.8) is 0 Å². The van der Waals surface area contributed by atoms with Gasteiger partial charge in [-0.05, 0) is 31.2 Å². The Morgan fingerprint density at radius 1 is 1.25 bits per heavy atom. The fourth-order valence-electron chi connectivity index (χ4n) is 3.33. The molecule has 0 atom stereocenters. The van der Waals surface area contributed by atoms with Crippen LogP contribution in [0.1, 0.15) is 16.1 Å². The van der Waals surface area contributed by atoms with Crippen LogP contribution in [0.5, 0.6) is 11.5 Å². The number of carbonyl (C=O) groups excluding carboxylic acids is 2. The van der Waals surface area contributed by atoms with E-state index in [-0.39, 0.29) is 22.4 Å². The largest absolute Gasteiger partial charge is 0.491 e. The van der Waals surface area contributed by atoms with Crippen LogP contribution in [0.2, 0.25) is 0 Å². The fraction of sp³-hybridized carbons (Fsp3) is 0.250. The number of aryl methyl sites for hydroxylation is 1. The van der Waals surface area contributed by atoms with E-state index in [2.05, 4.69) is 25.0 Å². The van der Waals surface area contributed by atoms with Crippen molar-refractivity contribution in [1.29, 1.82) is 0 Å². The van der Waals surface area contributed by atoms with Crippen LogP contribution in [-0.2, 0) is 11.3 Å². The Bertz CT molecular complexity index is 1320. The number of anilines is 1. The Kier molecular flexibility index (Phi) is 5.28. The number of aromatic nitrogens is 3. The van der Waals surface area contributed by atoms with E-state index in [0.29, 0.717) is 30.0 Å². The maximum absolute atomic E-state index is 12.7. The lowest BCUT2D eigenvalue weighted by molar-refractivity contribution is -0.189. The van der Waals surface area contributed by atoms with Crippen LogP contribution in [0.25, 0.3) is 10.9 Å². The second kappa shape index (κ2) is 7.94. The van der Waals surface area contributed by atoms with E-state index in [4.69, 9.17) is 4.74 Å². The summed E-state index contributed by atoms with van der Waals surface area (Å²) in [5, 5.41) is 3.64. The number of carbonyl (C=O) groups is 2. The monoisotopic (exact) mass is 447 g/mol. The van der Waals surface area contributed by atoms with E-state index in [9.17, 15) is 22.8 Å². The Balaban J connectivity index is 1.91. The van der Waals surface area contributed by atoms with Gasteiger partial charge in [-0.25, -0.2) is 9.78 Å². The highest BCUT2D eigenvalue weighted by Gasteiger charge is 2.42. The second-order valence-electron chi connectivity index (χ2n) is 6.77. The number of halogens is 3. The number of hydrogen-bond donors (Lipinski definition) is 1. The van der Waals surface area contributed by atoms with Gasteiger partial charge in [0, 0.05) is 24.7 Å². The van der Waals surface area contributed by atoms with E-state index >= 15 is 0 Å². The predicted octanol–water partition coefficient (Wildman–Crippen LogP) is 2.38. The number of ether oxygens (including phenoxy) is 2. The zero-order chi connectivity index (χ0) is 23.0. The molecule has 1 aliphatic heterocycles. The van der Waals surface area contributed by atoms with Gasteiger partial charge in [0.15, 0.2) is 11.5 Å². The third-order valence-electron chi connectivity index (χ3n) is 4.78. The first kappa shape index (κ1) is 21.3. The summed E-state index contributed by atoms with van der Waals surface area (Å²) in [5.41, 5.74) is 0.869. The molecule has 0 bridgehead atoms. The van der Waals surface area contributed by atoms with Crippen molar-refractivity contribution >= 4 is 28.6 Å². The highest BCUT2D eigenvalue weighted by molar-refractivity contribution is 5.97. The zero-order valence-corrected chi connectivity index (χ0v) is 16.9. The molecule has 1 aromatic carbocycles. The van der Waals surface area contributed by atoms with Gasteiger partial charge in [0.2, 0.25) is 5.62 Å². The predicted molar refractivity (Wildman–Crippen MR) is 105 cm³/mol. The molecule has 2 aromatic heterocycles. The van der Waals surface area contributed by atoms with Gasteiger partial charge in [0.05, 0.1) is 18.4 Å². The Morgan fingerprint density at radius 3 is 2.72 bits per heavy atom. The van der Waals surface area contributed by atoms with Crippen molar-refractivity contribution in [2.75, 3.05) is 19.0 Å². The number of benzene rings is 1. The highest BCUT2D eigenvalue weighted by atomic mass is 19.4. The normalized spacial score (nSPS) is 13.6. The molecule has 4 rings (SSSR count). The molecule has 1 amide bonds. The topological polar surface area (TPSA) is 108 Å². The smallest absolute Gasteiger partial charge is 0.491 e. The SMILES string of the molecule is COc1c(OC(=O)C(F)(F)F)ccc2c3n(c(=NC(=O)c4cccnc4C)nc12)CCN3. The minimum Gasteiger partial charge on any atom is -0.491 e. The summed E-state index contributed by atoms with van der Waals surface area (Å²) in [7, 11) is 1.20. The van der Waals surface area contributed by atoms with E-state index in [1.165, 1.54) is 19.2 Å². The van der Waals surface area contributed by atoms with Crippen LogP contribution in [0, 0.1) is 6.92 Å². The number of nitrogens with one attached hydrogen (secondary N) is 1. The van der Waals surface area contributed by atoms with E-state index < -0.39 is 23.8 Å². The first-order valence-corrected chi connectivity index (χ1v) is 9.36. The molecule has 12 heteroatoms. The lowest BCUT2D eigenvalue weighted by Gasteiger charge is -2.14. The number of alkyl halides is 3. The number of rotatable bonds is 3. The molecule has 3 aromatic rings. The number of nitrogens with zero attached hydrogens (tertiary/aromatic N) is 4. The number of methoxy groups -OCH3 is 1. The molecular formula is C20H16F3N5O4. The fourth-order valence-corrected chi connectivity index (χ4v) is 3.33. The van der Waals surface area contributed by atoms with Crippen LogP contribution in [-0.4, -0.2) is 46.2 Å². The molecule has 0 saturated carbocycles. The van der Waals surface area contributed by atoms with Gasteiger partial charge >= 0.3 is 12.1 Å². The highest BCUT2D eigenvalue weighted by Crippen LogP contribution is 2.38. The average molecular weight is 447 g/mol. The van der Waals surface area contributed by atoms with Crippen molar-refractivity contribution in [3.05, 3.63) is 47.3 Å². The third-order valence-corrected chi connectivity index (χ3v) is 4.78. The van der Waals surface area contributed by atoms with Gasteiger partial charge in [-0.3, -0.25) is 14.3 Å². The quantitative estimate of drug-likeness (QED) is 0.485. The van der Waals surface area contributed by atoms with Crippen molar-refractivity contribution in [1.82, 2.24) is 14.5 Å². The number of amides is 1. The molecule has 1 N–H and O–H groups in total. The van der Waals surface area contributed by atoms with Gasteiger partial charge in [-0.2, -0.15) is 18.2 Å². The molecule has 0 saturated heterocycles. The molecule has 1 aliphatic rings. The Morgan fingerprint density at radius 2 is 2.03 bits per heavy atom. The van der Waals surface area contributed by atoms with Gasteiger partial charge < -0.3 is 14.8 Å². The number of esters is 1. The van der Waals surface area contributed by atoms with E-state index in [1.807, 2.05) is 0 Å². The van der Waals surface area contributed by atoms with Gasteiger partial charge in [0.25, 0.3) is 5.91 Å². The Labute approximate surface area is 178 Å². The number of fused-ring (bicyclic) bond motifs is 3. The zero-order valence-electron chi connectivity index (χ0n) is 16.9. The minimum atomic E-state index is -5.18. The third kappa shape index (κ3) is 3.74. The molecular weight excluding hydrogens is 431 g/mol. The van der Waals surface area contributed by atoms with Crippen molar-refractivity contribution in [2.45, 2.75) is 19.6 Å². The summed E-state index contributed by atoms with van der Waals surface area (Å²) in [5.74, 6) is -3.08. The summed E-state index contributed by atoms with van der Waals surface area (Å²) >= 11 is 0. The van der Waals surface area contributed by atoms with E-state index in [0.717, 1.165) is 0 Å². The standard InChI is InChI=1S/C20H16F3N5O4/c1-10-11(4-3-7-24-10)17(29)27-19-26-14-12(16-25-8-9-28(16)19)5-6-13(15(14)31-2)32-18(30)20(21,22)23/h3-7,25H,8-9H2,1-2H3. The van der Waals surface area contributed by atoms with Crippen molar-refractivity contribution < 1.29 is 32.2 Å². The van der Waals surface area contributed by atoms with Crippen LogP contribution in [0.4, 0.5) is 19.0 Å². The average Bonchev–Trinajstić information content (AvgIpc) is 3.23. The maximum atomic E-state index is 12.7. The molecule has 0 spiro atoms. The lowest BCUT2D eigenvalue weighted by atomic mass is 10.2. The van der Waals surface area contributed by atoms with Crippen LogP contribution in [0.3, 0.4) is 0 Å². The summed E-state index contributed by atoms with van der Waals surface area (Å²) in [4.78, 5) is 36.6. The molecule has 0 fully saturated rings. The lowest BCUT2D eigenvalue weighted by Crippen LogP contribution is -2.28. The summed E-state index contributed by atoms with van der Waals surface area (Å²) in [6.45, 7) is 2.65. The van der Waals surface area contributed by atoms with E-state index in [1.54, 1.807) is 29.8 Å². The first-order chi connectivity index (χ1) is 15.2. The van der Waals surface area contributed by atoms with Crippen LogP contribution in [0.15, 0.2) is 35.5 Å². The summed E-state index contributed by atoms with van der Waals surface area (Å²) in [6.07, 6.45) is -3.64. The van der Waals surface area contributed by atoms with Crippen LogP contribution >= 0.6 is 0 Å². The molecule has 0 unspecified atom stereocenters. The maximum Gasteiger partial charge on any atom is 0.491 e. The summed E-state index contributed by atoms with van der Waals surface area (Å²) in [6, 6.07) is 5.82. The number of pyridine rings is 1. The van der Waals surface area contributed by atoms with Crippen molar-refractivity contribution in [3.8, 4) is 11.5 Å². The van der Waals surface area contributed by atoms with Gasteiger partial charge in [0.1, 0.15) is 11.3 Å². The molecule has 32 heavy (non-hydrogen) atoms. The molecule has 0 aliphatic carbocycles. The molecule has 3 heterocycles. The summed E-state index contributed by atoms with van der Waals surface area (Å²) < 4.78 is 49.4. The molecule has 9 nitrogen and oxygen atoms in total. The minimum absolute atomic E-state index is 0.0170. The Hall–Kier alpha value is -3.96. The van der Waals surface area contributed by atoms with Gasteiger partial charge in [-0.15, -0.1) is 0 Å².